The first-order valence-electron chi connectivity index (χ1n) is 9.35. The standard InChI is InChI=1S/C22H23NO5/c1-27-15-8-6-14(7-9-15)12-28-13-18-16(11-24)20(25)10-22(18)17-4-2-3-5-19(17)23-21(22)26/h2-9,16,18,24H,10-13H2,1H3,(H,23,26). The van der Waals surface area contributed by atoms with Crippen LogP contribution in [-0.4, -0.2) is 37.1 Å². The number of rotatable bonds is 6. The number of aliphatic hydroxyl groups excluding tert-OH is 1. The van der Waals surface area contributed by atoms with Gasteiger partial charge in [-0.25, -0.2) is 0 Å². The Morgan fingerprint density at radius 3 is 2.61 bits per heavy atom. The van der Waals surface area contributed by atoms with Crippen molar-refractivity contribution in [3.63, 3.8) is 0 Å². The highest BCUT2D eigenvalue weighted by Gasteiger charge is 2.61. The molecule has 2 N–H and O–H groups in total. The maximum Gasteiger partial charge on any atom is 0.235 e. The number of methoxy groups -OCH3 is 1. The fourth-order valence-electron chi connectivity index (χ4n) is 4.50. The molecule has 0 saturated heterocycles. The third kappa shape index (κ3) is 2.89. The van der Waals surface area contributed by atoms with Crippen LogP contribution in [-0.2, 0) is 26.3 Å². The Kier molecular flexibility index (Phi) is 4.91. The van der Waals surface area contributed by atoms with Crippen molar-refractivity contribution < 1.29 is 24.2 Å². The Morgan fingerprint density at radius 2 is 1.89 bits per heavy atom. The van der Waals surface area contributed by atoms with E-state index >= 15 is 0 Å². The second-order valence-electron chi connectivity index (χ2n) is 7.37. The maximum atomic E-state index is 13.0. The largest absolute Gasteiger partial charge is 0.497 e. The van der Waals surface area contributed by atoms with Gasteiger partial charge in [0.15, 0.2) is 0 Å². The van der Waals surface area contributed by atoms with Gasteiger partial charge in [0.25, 0.3) is 0 Å². The Hall–Kier alpha value is -2.70. The normalized spacial score (nSPS) is 25.8. The number of ether oxygens (including phenoxy) is 2. The lowest BCUT2D eigenvalue weighted by atomic mass is 9.71. The van der Waals surface area contributed by atoms with Gasteiger partial charge in [-0.2, -0.15) is 0 Å². The molecule has 28 heavy (non-hydrogen) atoms. The van der Waals surface area contributed by atoms with E-state index in [-0.39, 0.29) is 31.3 Å². The van der Waals surface area contributed by atoms with E-state index in [9.17, 15) is 14.7 Å². The van der Waals surface area contributed by atoms with Gasteiger partial charge in [0.05, 0.1) is 32.3 Å². The van der Waals surface area contributed by atoms with Crippen LogP contribution in [0.15, 0.2) is 48.5 Å². The van der Waals surface area contributed by atoms with E-state index in [1.807, 2.05) is 48.5 Å². The van der Waals surface area contributed by atoms with Gasteiger partial charge < -0.3 is 19.9 Å². The van der Waals surface area contributed by atoms with Gasteiger partial charge in [-0.1, -0.05) is 30.3 Å². The summed E-state index contributed by atoms with van der Waals surface area (Å²) in [5.74, 6) is -0.521. The predicted octanol–water partition coefficient (Wildman–Crippen LogP) is 2.30. The van der Waals surface area contributed by atoms with E-state index in [0.717, 1.165) is 22.6 Å². The number of carbonyl (C=O) groups is 2. The lowest BCUT2D eigenvalue weighted by Crippen LogP contribution is -2.42. The molecule has 0 radical (unpaired) electrons. The second kappa shape index (κ2) is 7.37. The molecule has 0 bridgehead atoms. The number of benzene rings is 2. The summed E-state index contributed by atoms with van der Waals surface area (Å²) < 4.78 is 11.1. The molecule has 2 aromatic rings. The fraction of sp³-hybridized carbons (Fsp3) is 0.364. The number of hydrogen-bond donors (Lipinski definition) is 2. The highest BCUT2D eigenvalue weighted by molar-refractivity contribution is 6.11. The predicted molar refractivity (Wildman–Crippen MR) is 103 cm³/mol. The minimum absolute atomic E-state index is 0.0904. The lowest BCUT2D eigenvalue weighted by molar-refractivity contribution is -0.124. The van der Waals surface area contributed by atoms with E-state index in [0.29, 0.717) is 6.61 Å². The SMILES string of the molecule is COc1ccc(COCC2C(CO)C(=O)CC23C(=O)Nc2ccccc23)cc1. The number of Topliss-reactive ketones (excluding diaryl/α,β-unsaturated/α-hetero) is 1. The number of carbonyl (C=O) groups excluding carboxylic acids is 2. The Labute approximate surface area is 163 Å². The van der Waals surface area contributed by atoms with E-state index in [1.54, 1.807) is 7.11 Å². The molecule has 1 spiro atoms. The summed E-state index contributed by atoms with van der Waals surface area (Å²) in [5.41, 5.74) is 1.55. The van der Waals surface area contributed by atoms with Crippen molar-refractivity contribution in [3.8, 4) is 5.75 Å². The number of amides is 1. The lowest BCUT2D eigenvalue weighted by Gasteiger charge is -2.31. The quantitative estimate of drug-likeness (QED) is 0.802. The number of hydrogen-bond acceptors (Lipinski definition) is 5. The van der Waals surface area contributed by atoms with E-state index in [1.165, 1.54) is 0 Å². The zero-order valence-corrected chi connectivity index (χ0v) is 15.7. The number of ketones is 1. The number of anilines is 1. The first-order valence-corrected chi connectivity index (χ1v) is 9.35. The van der Waals surface area contributed by atoms with Gasteiger partial charge in [-0.15, -0.1) is 0 Å². The van der Waals surface area contributed by atoms with Crippen LogP contribution < -0.4 is 10.1 Å². The molecule has 4 rings (SSSR count). The van der Waals surface area contributed by atoms with Crippen molar-refractivity contribution in [2.45, 2.75) is 18.4 Å². The minimum atomic E-state index is -0.971. The first kappa shape index (κ1) is 18.7. The Balaban J connectivity index is 1.57. The Bertz CT molecular complexity index is 894. The zero-order valence-electron chi connectivity index (χ0n) is 15.7. The maximum absolute atomic E-state index is 13.0. The monoisotopic (exact) mass is 381 g/mol. The van der Waals surface area contributed by atoms with Crippen molar-refractivity contribution in [3.05, 3.63) is 59.7 Å². The Morgan fingerprint density at radius 1 is 1.14 bits per heavy atom. The van der Waals surface area contributed by atoms with E-state index in [4.69, 9.17) is 9.47 Å². The van der Waals surface area contributed by atoms with E-state index in [2.05, 4.69) is 5.32 Å². The van der Waals surface area contributed by atoms with Gasteiger partial charge >= 0.3 is 0 Å². The van der Waals surface area contributed by atoms with Gasteiger partial charge in [0, 0.05) is 23.9 Å². The van der Waals surface area contributed by atoms with Crippen LogP contribution in [0.4, 0.5) is 5.69 Å². The van der Waals surface area contributed by atoms with Gasteiger partial charge in [-0.05, 0) is 29.3 Å². The third-order valence-corrected chi connectivity index (χ3v) is 5.97. The van der Waals surface area contributed by atoms with Crippen LogP contribution in [0.1, 0.15) is 17.5 Å². The average Bonchev–Trinajstić information content (AvgIpc) is 3.16. The molecule has 1 aliphatic heterocycles. The number of nitrogens with one attached hydrogen (secondary N) is 1. The smallest absolute Gasteiger partial charge is 0.235 e. The molecule has 3 atom stereocenters. The highest BCUT2D eigenvalue weighted by atomic mass is 16.5. The topological polar surface area (TPSA) is 84.9 Å². The van der Waals surface area contributed by atoms with Gasteiger partial charge in [-0.3, -0.25) is 9.59 Å². The summed E-state index contributed by atoms with van der Waals surface area (Å²) in [6, 6.07) is 15.0. The summed E-state index contributed by atoms with van der Waals surface area (Å²) in [5, 5.41) is 12.7. The molecule has 146 valence electrons. The van der Waals surface area contributed by atoms with Crippen molar-refractivity contribution in [1.82, 2.24) is 0 Å². The molecule has 1 heterocycles. The van der Waals surface area contributed by atoms with Crippen LogP contribution in [0.5, 0.6) is 5.75 Å². The highest BCUT2D eigenvalue weighted by Crippen LogP contribution is 2.53. The number of aliphatic hydroxyl groups is 1. The van der Waals surface area contributed by atoms with Crippen molar-refractivity contribution >= 4 is 17.4 Å². The molecule has 1 fully saturated rings. The molecular weight excluding hydrogens is 358 g/mol. The van der Waals surface area contributed by atoms with Crippen molar-refractivity contribution in [2.24, 2.45) is 11.8 Å². The summed E-state index contributed by atoms with van der Waals surface area (Å²) in [4.78, 5) is 25.6. The molecule has 3 unspecified atom stereocenters. The third-order valence-electron chi connectivity index (χ3n) is 5.97. The molecular formula is C22H23NO5. The van der Waals surface area contributed by atoms with Gasteiger partial charge in [0.1, 0.15) is 11.5 Å². The number of fused-ring (bicyclic) bond motifs is 2. The molecule has 2 aliphatic rings. The molecule has 0 aromatic heterocycles. The summed E-state index contributed by atoms with van der Waals surface area (Å²) in [7, 11) is 1.61. The van der Waals surface area contributed by atoms with Crippen LogP contribution in [0, 0.1) is 11.8 Å². The molecule has 6 heteroatoms. The molecule has 6 nitrogen and oxygen atoms in total. The minimum Gasteiger partial charge on any atom is -0.497 e. The van der Waals surface area contributed by atoms with Crippen molar-refractivity contribution in [1.29, 1.82) is 0 Å². The molecule has 1 aliphatic carbocycles. The molecule has 1 saturated carbocycles. The summed E-state index contributed by atoms with van der Waals surface area (Å²) in [6.45, 7) is 0.281. The zero-order chi connectivity index (χ0) is 19.7. The van der Waals surface area contributed by atoms with Crippen LogP contribution in [0.25, 0.3) is 0 Å². The van der Waals surface area contributed by atoms with Crippen LogP contribution in [0.3, 0.4) is 0 Å². The van der Waals surface area contributed by atoms with Crippen LogP contribution >= 0.6 is 0 Å². The average molecular weight is 381 g/mol. The number of para-hydroxylation sites is 1. The second-order valence-corrected chi connectivity index (χ2v) is 7.37. The fourth-order valence-corrected chi connectivity index (χ4v) is 4.50. The van der Waals surface area contributed by atoms with Crippen molar-refractivity contribution in [2.75, 3.05) is 25.6 Å². The molecule has 2 aromatic carbocycles. The van der Waals surface area contributed by atoms with E-state index < -0.39 is 17.3 Å². The first-order chi connectivity index (χ1) is 13.6. The molecule has 1 amide bonds. The van der Waals surface area contributed by atoms with Crippen LogP contribution in [0.2, 0.25) is 0 Å². The summed E-state index contributed by atoms with van der Waals surface area (Å²) in [6.07, 6.45) is 0.0949. The van der Waals surface area contributed by atoms with Gasteiger partial charge in [0.2, 0.25) is 5.91 Å². The summed E-state index contributed by atoms with van der Waals surface area (Å²) >= 11 is 0.